The number of hydrogen-bond donors (Lipinski definition) is 3. The summed E-state index contributed by atoms with van der Waals surface area (Å²) in [6, 6.07) is 7.05. The molecule has 0 unspecified atom stereocenters. The van der Waals surface area contributed by atoms with E-state index in [1.165, 1.54) is 0 Å². The van der Waals surface area contributed by atoms with Gasteiger partial charge in [0.25, 0.3) is 5.91 Å². The van der Waals surface area contributed by atoms with Crippen molar-refractivity contribution in [1.82, 2.24) is 15.6 Å². The van der Waals surface area contributed by atoms with Crippen molar-refractivity contribution in [3.05, 3.63) is 29.8 Å². The summed E-state index contributed by atoms with van der Waals surface area (Å²) in [4.78, 5) is 13.7. The van der Waals surface area contributed by atoms with Gasteiger partial charge in [0, 0.05) is 19.6 Å². The average Bonchev–Trinajstić information content (AvgIpc) is 2.44. The van der Waals surface area contributed by atoms with Crippen LogP contribution in [0.2, 0.25) is 0 Å². The smallest absolute Gasteiger partial charge is 0.268 e. The van der Waals surface area contributed by atoms with E-state index in [0.717, 1.165) is 19.6 Å². The van der Waals surface area contributed by atoms with Crippen molar-refractivity contribution < 1.29 is 9.53 Å². The lowest BCUT2D eigenvalue weighted by atomic mass is 10.2. The molecule has 19 heavy (non-hydrogen) atoms. The van der Waals surface area contributed by atoms with E-state index in [1.54, 1.807) is 18.2 Å². The van der Waals surface area contributed by atoms with Crippen molar-refractivity contribution >= 4 is 5.91 Å². The molecular weight excluding hydrogens is 244 g/mol. The first-order chi connectivity index (χ1) is 9.19. The SMILES string of the molecule is CNCCN(C)CCOc1ccccc1C(=O)NN. The van der Waals surface area contributed by atoms with Crippen LogP contribution in [0.3, 0.4) is 0 Å². The zero-order valence-corrected chi connectivity index (χ0v) is 11.5. The van der Waals surface area contributed by atoms with Crippen molar-refractivity contribution in [1.29, 1.82) is 0 Å². The zero-order chi connectivity index (χ0) is 14.1. The van der Waals surface area contributed by atoms with Gasteiger partial charge in [0.05, 0.1) is 5.56 Å². The van der Waals surface area contributed by atoms with Crippen molar-refractivity contribution in [2.45, 2.75) is 0 Å². The topological polar surface area (TPSA) is 79.6 Å². The third kappa shape index (κ3) is 5.25. The molecule has 1 amide bonds. The number of nitrogen functional groups attached to an aromatic ring is 1. The molecule has 0 aromatic heterocycles. The molecule has 0 bridgehead atoms. The number of hydrogen-bond acceptors (Lipinski definition) is 5. The second-order valence-electron chi connectivity index (χ2n) is 4.22. The second-order valence-corrected chi connectivity index (χ2v) is 4.22. The Morgan fingerprint density at radius 3 is 2.79 bits per heavy atom. The summed E-state index contributed by atoms with van der Waals surface area (Å²) in [5, 5.41) is 3.09. The summed E-state index contributed by atoms with van der Waals surface area (Å²) in [5.74, 6) is 5.33. The maximum absolute atomic E-state index is 11.5. The summed E-state index contributed by atoms with van der Waals surface area (Å²) < 4.78 is 5.63. The van der Waals surface area contributed by atoms with Gasteiger partial charge in [-0.25, -0.2) is 5.84 Å². The Bertz CT molecular complexity index is 398. The maximum atomic E-state index is 11.5. The molecule has 0 heterocycles. The van der Waals surface area contributed by atoms with E-state index < -0.39 is 0 Å². The standard InChI is InChI=1S/C13H22N4O2/c1-15-7-8-17(2)9-10-19-12-6-4-3-5-11(12)13(18)16-14/h3-6,15H,7-10,14H2,1-2H3,(H,16,18). The van der Waals surface area contributed by atoms with Crippen LogP contribution in [-0.2, 0) is 0 Å². The number of nitrogens with zero attached hydrogens (tertiary/aromatic N) is 1. The molecule has 0 fully saturated rings. The van der Waals surface area contributed by atoms with Crippen LogP contribution in [0, 0.1) is 0 Å². The van der Waals surface area contributed by atoms with Crippen LogP contribution in [0.1, 0.15) is 10.4 Å². The predicted octanol–water partition coefficient (Wildman–Crippen LogP) is -0.180. The van der Waals surface area contributed by atoms with Gasteiger partial charge < -0.3 is 15.0 Å². The van der Waals surface area contributed by atoms with E-state index >= 15 is 0 Å². The van der Waals surface area contributed by atoms with Gasteiger partial charge >= 0.3 is 0 Å². The maximum Gasteiger partial charge on any atom is 0.268 e. The molecule has 4 N–H and O–H groups in total. The Morgan fingerprint density at radius 2 is 2.11 bits per heavy atom. The van der Waals surface area contributed by atoms with Crippen LogP contribution in [0.15, 0.2) is 24.3 Å². The Kier molecular flexibility index (Phi) is 6.88. The molecule has 0 radical (unpaired) electrons. The number of nitrogens with two attached hydrogens (primary N) is 1. The molecule has 0 saturated carbocycles. The van der Waals surface area contributed by atoms with E-state index in [2.05, 4.69) is 15.6 Å². The number of likely N-dealkylation sites (N-methyl/N-ethyl adjacent to an activating group) is 2. The molecule has 0 atom stereocenters. The van der Waals surface area contributed by atoms with E-state index in [4.69, 9.17) is 10.6 Å². The number of para-hydroxylation sites is 1. The molecule has 1 aromatic rings. The van der Waals surface area contributed by atoms with Gasteiger partial charge in [0.1, 0.15) is 12.4 Å². The third-order valence-corrected chi connectivity index (χ3v) is 2.74. The fourth-order valence-corrected chi connectivity index (χ4v) is 1.58. The highest BCUT2D eigenvalue weighted by molar-refractivity contribution is 5.96. The highest BCUT2D eigenvalue weighted by Gasteiger charge is 2.10. The highest BCUT2D eigenvalue weighted by atomic mass is 16.5. The van der Waals surface area contributed by atoms with E-state index in [0.29, 0.717) is 17.9 Å². The number of hydrazine groups is 1. The van der Waals surface area contributed by atoms with Gasteiger partial charge in [-0.3, -0.25) is 10.2 Å². The monoisotopic (exact) mass is 266 g/mol. The molecule has 0 spiro atoms. The molecule has 1 rings (SSSR count). The fourth-order valence-electron chi connectivity index (χ4n) is 1.58. The first kappa shape index (κ1) is 15.4. The first-order valence-electron chi connectivity index (χ1n) is 6.25. The van der Waals surface area contributed by atoms with E-state index in [-0.39, 0.29) is 5.91 Å². The number of carbonyl (C=O) groups excluding carboxylic acids is 1. The summed E-state index contributed by atoms with van der Waals surface area (Å²) >= 11 is 0. The van der Waals surface area contributed by atoms with Gasteiger partial charge in [-0.05, 0) is 26.2 Å². The average molecular weight is 266 g/mol. The van der Waals surface area contributed by atoms with Crippen molar-refractivity contribution in [3.63, 3.8) is 0 Å². The van der Waals surface area contributed by atoms with Crippen LogP contribution in [0.4, 0.5) is 0 Å². The number of nitrogens with one attached hydrogen (secondary N) is 2. The lowest BCUT2D eigenvalue weighted by molar-refractivity contribution is 0.0949. The number of rotatable bonds is 8. The Morgan fingerprint density at radius 1 is 1.37 bits per heavy atom. The summed E-state index contributed by atoms with van der Waals surface area (Å²) in [6.07, 6.45) is 0. The summed E-state index contributed by atoms with van der Waals surface area (Å²) in [5.41, 5.74) is 2.56. The van der Waals surface area contributed by atoms with Crippen molar-refractivity contribution in [2.24, 2.45) is 5.84 Å². The summed E-state index contributed by atoms with van der Waals surface area (Å²) in [7, 11) is 3.95. The number of amides is 1. The zero-order valence-electron chi connectivity index (χ0n) is 11.5. The van der Waals surface area contributed by atoms with Crippen LogP contribution in [0.25, 0.3) is 0 Å². The highest BCUT2D eigenvalue weighted by Crippen LogP contribution is 2.17. The van der Waals surface area contributed by atoms with Crippen LogP contribution in [0.5, 0.6) is 5.75 Å². The van der Waals surface area contributed by atoms with Crippen LogP contribution >= 0.6 is 0 Å². The van der Waals surface area contributed by atoms with Crippen molar-refractivity contribution in [2.75, 3.05) is 40.3 Å². The van der Waals surface area contributed by atoms with Gasteiger partial charge in [0.15, 0.2) is 0 Å². The molecule has 0 aliphatic heterocycles. The van der Waals surface area contributed by atoms with Crippen LogP contribution < -0.4 is 21.3 Å². The normalized spacial score (nSPS) is 10.5. The van der Waals surface area contributed by atoms with Gasteiger partial charge in [-0.15, -0.1) is 0 Å². The second kappa shape index (κ2) is 8.47. The minimum atomic E-state index is -0.348. The van der Waals surface area contributed by atoms with Gasteiger partial charge in [0.2, 0.25) is 0 Å². The third-order valence-electron chi connectivity index (χ3n) is 2.74. The van der Waals surface area contributed by atoms with Crippen molar-refractivity contribution in [3.8, 4) is 5.75 Å². The molecule has 0 saturated heterocycles. The molecule has 0 aliphatic rings. The van der Waals surface area contributed by atoms with Crippen LogP contribution in [-0.4, -0.2) is 51.1 Å². The Hall–Kier alpha value is -1.63. The largest absolute Gasteiger partial charge is 0.491 e. The van der Waals surface area contributed by atoms with E-state index in [1.807, 2.05) is 20.2 Å². The molecule has 106 valence electrons. The lowest BCUT2D eigenvalue weighted by Crippen LogP contribution is -2.32. The first-order valence-corrected chi connectivity index (χ1v) is 6.25. The number of ether oxygens (including phenoxy) is 1. The lowest BCUT2D eigenvalue weighted by Gasteiger charge is -2.17. The minimum Gasteiger partial charge on any atom is -0.491 e. The quantitative estimate of drug-likeness (QED) is 0.345. The Labute approximate surface area is 113 Å². The molecular formula is C13H22N4O2. The minimum absolute atomic E-state index is 0.348. The summed E-state index contributed by atoms with van der Waals surface area (Å²) in [6.45, 7) is 3.20. The van der Waals surface area contributed by atoms with E-state index in [9.17, 15) is 4.79 Å². The number of benzene rings is 1. The predicted molar refractivity (Wildman–Crippen MR) is 75.0 cm³/mol. The molecule has 1 aromatic carbocycles. The van der Waals surface area contributed by atoms with Gasteiger partial charge in [-0.1, -0.05) is 12.1 Å². The molecule has 0 aliphatic carbocycles. The van der Waals surface area contributed by atoms with Gasteiger partial charge in [-0.2, -0.15) is 0 Å². The number of carbonyl (C=O) groups is 1. The molecule has 6 nitrogen and oxygen atoms in total. The molecule has 6 heteroatoms. The fraction of sp³-hybridized carbons (Fsp3) is 0.462. The Balaban J connectivity index is 2.47.